The molecule has 0 saturated heterocycles. The smallest absolute Gasteiger partial charge is 0.338 e. The molecule has 1 atom stereocenters. The third-order valence-corrected chi connectivity index (χ3v) is 3.67. The lowest BCUT2D eigenvalue weighted by Crippen LogP contribution is -2.26. The highest BCUT2D eigenvalue weighted by Crippen LogP contribution is 2.39. The highest BCUT2D eigenvalue weighted by Gasteiger charge is 2.38. The zero-order chi connectivity index (χ0) is 17.0. The number of nitrogens with zero attached hydrogens (tertiary/aromatic N) is 3. The van der Waals surface area contributed by atoms with E-state index in [0.29, 0.717) is 12.1 Å². The van der Waals surface area contributed by atoms with Crippen LogP contribution in [0.2, 0.25) is 0 Å². The van der Waals surface area contributed by atoms with Crippen LogP contribution in [0, 0.1) is 11.3 Å². The van der Waals surface area contributed by atoms with E-state index in [1.165, 1.54) is 0 Å². The van der Waals surface area contributed by atoms with Gasteiger partial charge in [0.25, 0.3) is 0 Å². The van der Waals surface area contributed by atoms with E-state index in [4.69, 9.17) is 26.8 Å². The van der Waals surface area contributed by atoms with E-state index in [1.54, 1.807) is 24.0 Å². The molecule has 1 aliphatic heterocycles. The van der Waals surface area contributed by atoms with Crippen molar-refractivity contribution in [3.8, 4) is 6.07 Å². The van der Waals surface area contributed by atoms with Gasteiger partial charge in [0.05, 0.1) is 30.2 Å². The van der Waals surface area contributed by atoms with Crippen LogP contribution in [-0.4, -0.2) is 28.2 Å². The summed E-state index contributed by atoms with van der Waals surface area (Å²) >= 11 is 5.89. The predicted molar refractivity (Wildman–Crippen MR) is 82.9 cm³/mol. The van der Waals surface area contributed by atoms with Gasteiger partial charge >= 0.3 is 5.97 Å². The minimum atomic E-state index is -0.707. The number of ether oxygens (including phenoxy) is 2. The van der Waals surface area contributed by atoms with Gasteiger partial charge in [-0.15, -0.1) is 11.6 Å². The maximum Gasteiger partial charge on any atom is 0.338 e. The Kier molecular flexibility index (Phi) is 5.29. The number of aryl methyl sites for hydroxylation is 1. The van der Waals surface area contributed by atoms with E-state index >= 15 is 0 Å². The highest BCUT2D eigenvalue weighted by atomic mass is 35.5. The molecule has 0 unspecified atom stereocenters. The lowest BCUT2D eigenvalue weighted by Gasteiger charge is -2.26. The Morgan fingerprint density at radius 1 is 1.61 bits per heavy atom. The van der Waals surface area contributed by atoms with E-state index in [-0.39, 0.29) is 35.3 Å². The van der Waals surface area contributed by atoms with E-state index in [0.717, 1.165) is 0 Å². The summed E-state index contributed by atoms with van der Waals surface area (Å²) in [5, 5.41) is 13.6. The van der Waals surface area contributed by atoms with Gasteiger partial charge in [-0.3, -0.25) is 4.68 Å². The molecule has 2 rings (SSSR count). The van der Waals surface area contributed by atoms with E-state index < -0.39 is 11.9 Å². The van der Waals surface area contributed by atoms with Gasteiger partial charge in [0, 0.05) is 18.3 Å². The summed E-state index contributed by atoms with van der Waals surface area (Å²) in [4.78, 5) is 12.4. The Labute approximate surface area is 138 Å². The average molecular weight is 337 g/mol. The number of hydrogen-bond acceptors (Lipinski definition) is 6. The Bertz CT molecular complexity index is 715. The summed E-state index contributed by atoms with van der Waals surface area (Å²) in [7, 11) is 0. The van der Waals surface area contributed by atoms with Gasteiger partial charge in [-0.2, -0.15) is 10.4 Å². The van der Waals surface area contributed by atoms with E-state index in [2.05, 4.69) is 5.10 Å². The van der Waals surface area contributed by atoms with Gasteiger partial charge in [-0.05, 0) is 13.8 Å². The van der Waals surface area contributed by atoms with Crippen molar-refractivity contribution < 1.29 is 14.3 Å². The van der Waals surface area contributed by atoms with Crippen molar-refractivity contribution >= 4 is 17.6 Å². The van der Waals surface area contributed by atoms with Gasteiger partial charge in [0.15, 0.2) is 0 Å². The highest BCUT2D eigenvalue weighted by molar-refractivity contribution is 6.19. The van der Waals surface area contributed by atoms with Crippen LogP contribution < -0.4 is 5.73 Å². The molecule has 0 radical (unpaired) electrons. The van der Waals surface area contributed by atoms with Crippen LogP contribution in [0.25, 0.3) is 0 Å². The van der Waals surface area contributed by atoms with Crippen molar-refractivity contribution in [3.05, 3.63) is 40.7 Å². The fourth-order valence-corrected chi connectivity index (χ4v) is 2.58. The second-order valence-electron chi connectivity index (χ2n) is 4.75. The molecule has 0 saturated carbocycles. The summed E-state index contributed by atoms with van der Waals surface area (Å²) in [6.07, 6.45) is 3.35. The first kappa shape index (κ1) is 16.9. The fraction of sp³-hybridized carbons (Fsp3) is 0.400. The molecule has 1 aromatic rings. The summed E-state index contributed by atoms with van der Waals surface area (Å²) in [5.74, 6) is -1.23. The molecule has 2 N–H and O–H groups in total. The summed E-state index contributed by atoms with van der Waals surface area (Å²) < 4.78 is 12.1. The van der Waals surface area contributed by atoms with Crippen LogP contribution in [0.15, 0.2) is 35.2 Å². The number of carbonyl (C=O) groups is 1. The number of hydrogen-bond donors (Lipinski definition) is 1. The zero-order valence-corrected chi connectivity index (χ0v) is 13.6. The molecule has 0 aliphatic carbocycles. The van der Waals surface area contributed by atoms with Gasteiger partial charge < -0.3 is 15.2 Å². The van der Waals surface area contributed by atoms with Gasteiger partial charge in [0.1, 0.15) is 17.4 Å². The quantitative estimate of drug-likeness (QED) is 0.649. The molecule has 122 valence electrons. The minimum Gasteiger partial charge on any atom is -0.463 e. The van der Waals surface area contributed by atoms with Gasteiger partial charge in [-0.25, -0.2) is 4.79 Å². The first-order valence-electron chi connectivity index (χ1n) is 7.13. The SMILES string of the molecule is CCOC(=O)C1=C(CCl)OC(N)=C(C#N)[C@H]1c1cnn(CC)c1. The minimum absolute atomic E-state index is 0.0635. The lowest BCUT2D eigenvalue weighted by molar-refractivity contribution is -0.139. The number of halogens is 1. The van der Waals surface area contributed by atoms with Crippen molar-refractivity contribution in [2.24, 2.45) is 5.73 Å². The molecule has 23 heavy (non-hydrogen) atoms. The predicted octanol–water partition coefficient (Wildman–Crippen LogP) is 1.77. The first-order chi connectivity index (χ1) is 11.1. The number of allylic oxidation sites excluding steroid dienone is 2. The number of carbonyl (C=O) groups excluding carboxylic acids is 1. The molecule has 2 heterocycles. The standard InChI is InChI=1S/C15H17ClN4O3/c1-3-20-8-9(7-19-20)12-10(6-17)14(18)23-11(5-16)13(12)15(21)22-4-2/h7-8,12H,3-5,18H2,1-2H3/t12-/m1/s1. The number of nitriles is 1. The van der Waals surface area contributed by atoms with Crippen LogP contribution >= 0.6 is 11.6 Å². The van der Waals surface area contributed by atoms with Gasteiger partial charge in [-0.1, -0.05) is 0 Å². The second kappa shape index (κ2) is 7.20. The Balaban J connectivity index is 2.60. The van der Waals surface area contributed by atoms with Crippen LogP contribution in [-0.2, 0) is 20.8 Å². The molecular weight excluding hydrogens is 320 g/mol. The molecule has 0 aromatic carbocycles. The Morgan fingerprint density at radius 3 is 2.87 bits per heavy atom. The summed E-state index contributed by atoms with van der Waals surface area (Å²) in [6, 6.07) is 2.01. The largest absolute Gasteiger partial charge is 0.463 e. The summed E-state index contributed by atoms with van der Waals surface area (Å²) in [6.45, 7) is 4.48. The third kappa shape index (κ3) is 3.17. The zero-order valence-electron chi connectivity index (χ0n) is 12.9. The number of rotatable bonds is 5. The molecule has 0 bridgehead atoms. The topological polar surface area (TPSA) is 103 Å². The van der Waals surface area contributed by atoms with Crippen molar-refractivity contribution in [1.82, 2.24) is 9.78 Å². The van der Waals surface area contributed by atoms with Crippen LogP contribution in [0.4, 0.5) is 0 Å². The van der Waals surface area contributed by atoms with Gasteiger partial charge in [0.2, 0.25) is 5.88 Å². The van der Waals surface area contributed by atoms with Crippen LogP contribution in [0.5, 0.6) is 0 Å². The molecule has 7 nitrogen and oxygen atoms in total. The third-order valence-electron chi connectivity index (χ3n) is 3.42. The molecule has 0 fully saturated rings. The van der Waals surface area contributed by atoms with Crippen molar-refractivity contribution in [3.63, 3.8) is 0 Å². The van der Waals surface area contributed by atoms with Crippen molar-refractivity contribution in [2.75, 3.05) is 12.5 Å². The van der Waals surface area contributed by atoms with Crippen molar-refractivity contribution in [1.29, 1.82) is 5.26 Å². The molecule has 8 heteroatoms. The second-order valence-corrected chi connectivity index (χ2v) is 5.01. The molecular formula is C15H17ClN4O3. The fourth-order valence-electron chi connectivity index (χ4n) is 2.38. The molecule has 1 aliphatic rings. The number of aromatic nitrogens is 2. The first-order valence-corrected chi connectivity index (χ1v) is 7.66. The average Bonchev–Trinajstić information content (AvgIpc) is 3.02. The maximum absolute atomic E-state index is 12.4. The van der Waals surface area contributed by atoms with E-state index in [9.17, 15) is 10.1 Å². The molecule has 0 spiro atoms. The Morgan fingerprint density at radius 2 is 2.35 bits per heavy atom. The monoisotopic (exact) mass is 336 g/mol. The lowest BCUT2D eigenvalue weighted by atomic mass is 9.84. The Hall–Kier alpha value is -2.46. The van der Waals surface area contributed by atoms with Crippen LogP contribution in [0.1, 0.15) is 25.3 Å². The normalized spacial score (nSPS) is 17.7. The number of nitrogens with two attached hydrogens (primary N) is 1. The van der Waals surface area contributed by atoms with E-state index in [1.807, 2.05) is 13.0 Å². The maximum atomic E-state index is 12.4. The molecule has 0 amide bonds. The summed E-state index contributed by atoms with van der Waals surface area (Å²) in [5.41, 5.74) is 6.79. The molecule has 1 aromatic heterocycles. The number of esters is 1. The number of alkyl halides is 1. The van der Waals surface area contributed by atoms with Crippen LogP contribution in [0.3, 0.4) is 0 Å². The van der Waals surface area contributed by atoms with Crippen molar-refractivity contribution in [2.45, 2.75) is 26.3 Å².